The van der Waals surface area contributed by atoms with Crippen LogP contribution in [0.3, 0.4) is 0 Å². The molecule has 1 saturated heterocycles. The molecule has 1 aliphatic heterocycles. The van der Waals surface area contributed by atoms with Crippen molar-refractivity contribution in [1.29, 1.82) is 0 Å². The molecule has 1 aliphatic carbocycles. The number of carbonyl (C=O) groups excluding carboxylic acids is 1. The molecule has 3 nitrogen and oxygen atoms in total. The van der Waals surface area contributed by atoms with E-state index in [2.05, 4.69) is 5.32 Å². The quantitative estimate of drug-likeness (QED) is 0.610. The normalized spacial score (nSPS) is 40.4. The van der Waals surface area contributed by atoms with Crippen LogP contribution in [-0.4, -0.2) is 24.7 Å². The summed E-state index contributed by atoms with van der Waals surface area (Å²) < 4.78 is 5.47. The third kappa shape index (κ3) is 1.85. The maximum atomic E-state index is 11.4. The van der Waals surface area contributed by atoms with E-state index in [9.17, 15) is 4.79 Å². The summed E-state index contributed by atoms with van der Waals surface area (Å²) in [5.41, 5.74) is 0. The van der Waals surface area contributed by atoms with Gasteiger partial charge in [-0.1, -0.05) is 12.8 Å². The fraction of sp³-hybridized carbons (Fsp3) is 0.900. The summed E-state index contributed by atoms with van der Waals surface area (Å²) in [6.45, 7) is 2.58. The van der Waals surface area contributed by atoms with E-state index in [1.165, 1.54) is 19.3 Å². The van der Waals surface area contributed by atoms with Crippen molar-refractivity contribution >= 4 is 5.91 Å². The van der Waals surface area contributed by atoms with Crippen LogP contribution in [-0.2, 0) is 9.53 Å². The molecule has 3 atom stereocenters. The van der Waals surface area contributed by atoms with Crippen molar-refractivity contribution in [2.75, 3.05) is 6.61 Å². The van der Waals surface area contributed by atoms with Gasteiger partial charge in [-0.25, -0.2) is 0 Å². The Hall–Kier alpha value is -0.570. The van der Waals surface area contributed by atoms with Gasteiger partial charge in [0.25, 0.3) is 0 Å². The fourth-order valence-corrected chi connectivity index (χ4v) is 2.24. The monoisotopic (exact) mass is 183 g/mol. The lowest BCUT2D eigenvalue weighted by Gasteiger charge is -2.29. The van der Waals surface area contributed by atoms with Gasteiger partial charge < -0.3 is 10.1 Å². The van der Waals surface area contributed by atoms with Crippen LogP contribution in [0, 0.1) is 5.92 Å². The first-order valence-corrected chi connectivity index (χ1v) is 5.19. The first-order valence-electron chi connectivity index (χ1n) is 5.19. The second-order valence-electron chi connectivity index (χ2n) is 4.14. The van der Waals surface area contributed by atoms with Crippen molar-refractivity contribution in [2.24, 2.45) is 5.92 Å². The smallest absolute Gasteiger partial charge is 0.249 e. The Kier molecular flexibility index (Phi) is 2.54. The molecule has 1 amide bonds. The van der Waals surface area contributed by atoms with Crippen LogP contribution in [0.5, 0.6) is 0 Å². The van der Waals surface area contributed by atoms with Gasteiger partial charge in [-0.15, -0.1) is 0 Å². The third-order valence-electron chi connectivity index (χ3n) is 3.17. The lowest BCUT2D eigenvalue weighted by atomic mass is 9.85. The molecular formula is C10H17NO2. The molecule has 1 N–H and O–H groups in total. The maximum absolute atomic E-state index is 11.4. The van der Waals surface area contributed by atoms with Gasteiger partial charge in [-0.2, -0.15) is 0 Å². The molecule has 1 saturated carbocycles. The molecule has 0 spiro atoms. The maximum Gasteiger partial charge on any atom is 0.249 e. The van der Waals surface area contributed by atoms with Gasteiger partial charge in [0.15, 0.2) is 0 Å². The molecule has 0 bridgehead atoms. The number of hydrogen-bond donors (Lipinski definition) is 1. The number of hydrogen-bond acceptors (Lipinski definition) is 2. The number of nitrogens with one attached hydrogen (secondary N) is 1. The van der Waals surface area contributed by atoms with Gasteiger partial charge in [0.05, 0.1) is 6.61 Å². The number of rotatable bonds is 0. The average molecular weight is 183 g/mol. The summed E-state index contributed by atoms with van der Waals surface area (Å²) in [4.78, 5) is 11.4. The molecule has 0 unspecified atom stereocenters. The largest absolute Gasteiger partial charge is 0.368 e. The highest BCUT2D eigenvalue weighted by molar-refractivity contribution is 5.80. The van der Waals surface area contributed by atoms with Gasteiger partial charge in [0.2, 0.25) is 5.91 Å². The van der Waals surface area contributed by atoms with Gasteiger partial charge in [0.1, 0.15) is 6.10 Å². The van der Waals surface area contributed by atoms with Crippen LogP contribution < -0.4 is 5.32 Å². The molecular weight excluding hydrogens is 166 g/mol. The number of carbonyl (C=O) groups is 1. The third-order valence-corrected chi connectivity index (χ3v) is 3.17. The first-order chi connectivity index (χ1) is 6.27. The summed E-state index contributed by atoms with van der Waals surface area (Å²) in [6.07, 6.45) is 4.61. The molecule has 0 aromatic heterocycles. The van der Waals surface area contributed by atoms with Crippen molar-refractivity contribution in [2.45, 2.75) is 44.8 Å². The van der Waals surface area contributed by atoms with Crippen molar-refractivity contribution < 1.29 is 9.53 Å². The summed E-state index contributed by atoms with van der Waals surface area (Å²) in [7, 11) is 0. The van der Waals surface area contributed by atoms with Crippen LogP contribution in [0.15, 0.2) is 0 Å². The molecule has 3 heteroatoms. The van der Waals surface area contributed by atoms with E-state index in [4.69, 9.17) is 4.74 Å². The second kappa shape index (κ2) is 3.66. The topological polar surface area (TPSA) is 38.3 Å². The number of ether oxygens (including phenoxy) is 1. The van der Waals surface area contributed by atoms with E-state index in [1.807, 2.05) is 6.92 Å². The molecule has 2 rings (SSSR count). The van der Waals surface area contributed by atoms with Gasteiger partial charge in [-0.05, 0) is 19.8 Å². The van der Waals surface area contributed by atoms with E-state index < -0.39 is 0 Å². The Balaban J connectivity index is 2.04. The minimum Gasteiger partial charge on any atom is -0.368 e. The Morgan fingerprint density at radius 1 is 1.38 bits per heavy atom. The highest BCUT2D eigenvalue weighted by atomic mass is 16.5. The van der Waals surface area contributed by atoms with Crippen molar-refractivity contribution in [1.82, 2.24) is 5.32 Å². The Labute approximate surface area is 78.8 Å². The summed E-state index contributed by atoms with van der Waals surface area (Å²) >= 11 is 0. The van der Waals surface area contributed by atoms with Crippen LogP contribution in [0.2, 0.25) is 0 Å². The SMILES string of the molecule is C[C@@H]1OC[C@@H]2CCCC[C@H]2NC1=O. The molecule has 0 aromatic carbocycles. The van der Waals surface area contributed by atoms with Crippen LogP contribution in [0.4, 0.5) is 0 Å². The van der Waals surface area contributed by atoms with Crippen LogP contribution >= 0.6 is 0 Å². The number of amides is 1. The zero-order valence-electron chi connectivity index (χ0n) is 8.08. The molecule has 2 aliphatic rings. The lowest BCUT2D eigenvalue weighted by Crippen LogP contribution is -2.42. The second-order valence-corrected chi connectivity index (χ2v) is 4.14. The van der Waals surface area contributed by atoms with Crippen molar-refractivity contribution in [3.8, 4) is 0 Å². The van der Waals surface area contributed by atoms with Crippen LogP contribution in [0.25, 0.3) is 0 Å². The first kappa shape index (κ1) is 9.00. The van der Waals surface area contributed by atoms with Crippen molar-refractivity contribution in [3.05, 3.63) is 0 Å². The fourth-order valence-electron chi connectivity index (χ4n) is 2.24. The zero-order chi connectivity index (χ0) is 9.26. The van der Waals surface area contributed by atoms with Crippen LogP contribution in [0.1, 0.15) is 32.6 Å². The Morgan fingerprint density at radius 2 is 2.15 bits per heavy atom. The van der Waals surface area contributed by atoms with E-state index in [-0.39, 0.29) is 12.0 Å². The van der Waals surface area contributed by atoms with Gasteiger partial charge >= 0.3 is 0 Å². The minimum atomic E-state index is -0.259. The van der Waals surface area contributed by atoms with Gasteiger partial charge in [-0.3, -0.25) is 4.79 Å². The number of fused-ring (bicyclic) bond motifs is 1. The molecule has 2 fully saturated rings. The zero-order valence-corrected chi connectivity index (χ0v) is 8.08. The summed E-state index contributed by atoms with van der Waals surface area (Å²) in [5.74, 6) is 0.622. The standard InChI is InChI=1S/C10H17NO2/c1-7-10(12)11-9-5-3-2-4-8(9)6-13-7/h7-9H,2-6H2,1H3,(H,11,12)/t7-,8-,9+/m0/s1. The molecule has 13 heavy (non-hydrogen) atoms. The highest BCUT2D eigenvalue weighted by Crippen LogP contribution is 2.26. The predicted molar refractivity (Wildman–Crippen MR) is 49.3 cm³/mol. The van der Waals surface area contributed by atoms with E-state index in [0.29, 0.717) is 12.0 Å². The predicted octanol–water partition coefficient (Wildman–Crippen LogP) is 1.08. The van der Waals surface area contributed by atoms with E-state index >= 15 is 0 Å². The van der Waals surface area contributed by atoms with E-state index in [0.717, 1.165) is 13.0 Å². The van der Waals surface area contributed by atoms with Gasteiger partial charge in [0, 0.05) is 12.0 Å². The average Bonchev–Trinajstić information content (AvgIpc) is 2.28. The minimum absolute atomic E-state index is 0.0643. The molecule has 0 aromatic rings. The Bertz CT molecular complexity index is 205. The summed E-state index contributed by atoms with van der Waals surface area (Å²) in [5, 5.41) is 3.07. The molecule has 1 heterocycles. The lowest BCUT2D eigenvalue weighted by molar-refractivity contribution is -0.130. The Morgan fingerprint density at radius 3 is 3.00 bits per heavy atom. The van der Waals surface area contributed by atoms with E-state index in [1.54, 1.807) is 0 Å². The highest BCUT2D eigenvalue weighted by Gasteiger charge is 2.31. The molecule has 0 radical (unpaired) electrons. The molecule has 74 valence electrons. The summed E-state index contributed by atoms with van der Waals surface area (Å²) in [6, 6.07) is 0.381. The van der Waals surface area contributed by atoms with Crippen molar-refractivity contribution in [3.63, 3.8) is 0 Å².